The van der Waals surface area contributed by atoms with Crippen molar-refractivity contribution in [2.75, 3.05) is 39.8 Å². The second-order valence-electron chi connectivity index (χ2n) is 7.95. The number of benzene rings is 1. The minimum atomic E-state index is -0.273. The highest BCUT2D eigenvalue weighted by Crippen LogP contribution is 2.32. The number of likely N-dealkylation sites (tertiary alicyclic amines) is 2. The molecule has 0 aliphatic carbocycles. The van der Waals surface area contributed by atoms with Gasteiger partial charge in [0.2, 0.25) is 5.91 Å². The predicted molar refractivity (Wildman–Crippen MR) is 114 cm³/mol. The van der Waals surface area contributed by atoms with E-state index >= 15 is 0 Å². The summed E-state index contributed by atoms with van der Waals surface area (Å²) < 4.78 is 14.7. The van der Waals surface area contributed by atoms with Gasteiger partial charge in [-0.1, -0.05) is 17.7 Å². The molecule has 6 nitrogen and oxygen atoms in total. The number of guanidine groups is 1. The van der Waals surface area contributed by atoms with Crippen LogP contribution in [0.3, 0.4) is 0 Å². The first kappa shape index (κ1) is 21.8. The Balaban J connectivity index is 1.71. The van der Waals surface area contributed by atoms with E-state index in [1.54, 1.807) is 19.2 Å². The number of aliphatic imine (C=N–C) groups is 1. The van der Waals surface area contributed by atoms with Crippen LogP contribution >= 0.6 is 11.6 Å². The summed E-state index contributed by atoms with van der Waals surface area (Å²) in [5.41, 5.74) is 5.93. The summed E-state index contributed by atoms with van der Waals surface area (Å²) in [5, 5.41) is 3.89. The van der Waals surface area contributed by atoms with Crippen LogP contribution in [0.4, 0.5) is 4.39 Å². The molecule has 1 aromatic carbocycles. The fraction of sp³-hybridized carbons (Fsp3) is 0.619. The molecule has 0 radical (unpaired) electrons. The van der Waals surface area contributed by atoms with Crippen LogP contribution in [0, 0.1) is 11.7 Å². The molecule has 1 amide bonds. The Morgan fingerprint density at radius 1 is 1.34 bits per heavy atom. The molecule has 2 fully saturated rings. The second kappa shape index (κ2) is 10.3. The number of carbonyl (C=O) groups excluding carboxylic acids is 1. The molecule has 2 aliphatic heterocycles. The van der Waals surface area contributed by atoms with Gasteiger partial charge < -0.3 is 16.0 Å². The standard InChI is InChI=1S/C21H31ClFN5O/c1-25-21(28-11-5-6-15(14-28)12-19(24)29)26-13-18(27-9-2-3-10-27)20-16(22)7-4-8-17(20)23/h4,7-8,15,18H,2-3,5-6,9-14H2,1H3,(H2,24,29)(H,25,26). The van der Waals surface area contributed by atoms with Gasteiger partial charge in [-0.2, -0.15) is 0 Å². The molecule has 0 aromatic heterocycles. The first-order valence-electron chi connectivity index (χ1n) is 10.4. The van der Waals surface area contributed by atoms with E-state index < -0.39 is 0 Å². The lowest BCUT2D eigenvalue weighted by molar-refractivity contribution is -0.119. The Hall–Kier alpha value is -1.86. The third-order valence-corrected chi connectivity index (χ3v) is 6.22. The minimum Gasteiger partial charge on any atom is -0.370 e. The lowest BCUT2D eigenvalue weighted by Crippen LogP contribution is -2.49. The van der Waals surface area contributed by atoms with Crippen molar-refractivity contribution in [2.45, 2.75) is 38.1 Å². The summed E-state index contributed by atoms with van der Waals surface area (Å²) >= 11 is 6.39. The third kappa shape index (κ3) is 5.60. The van der Waals surface area contributed by atoms with E-state index in [2.05, 4.69) is 20.1 Å². The average molecular weight is 424 g/mol. The molecule has 160 valence electrons. The van der Waals surface area contributed by atoms with E-state index in [0.29, 0.717) is 23.6 Å². The molecule has 0 bridgehead atoms. The van der Waals surface area contributed by atoms with Crippen molar-refractivity contribution in [3.63, 3.8) is 0 Å². The Labute approximate surface area is 177 Å². The van der Waals surface area contributed by atoms with Crippen molar-refractivity contribution >= 4 is 23.5 Å². The number of primary amides is 1. The summed E-state index contributed by atoms with van der Waals surface area (Å²) in [4.78, 5) is 20.2. The van der Waals surface area contributed by atoms with Crippen LogP contribution in [0.2, 0.25) is 5.02 Å². The number of nitrogens with one attached hydrogen (secondary N) is 1. The first-order valence-corrected chi connectivity index (χ1v) is 10.8. The van der Waals surface area contributed by atoms with Crippen LogP contribution in [0.25, 0.3) is 0 Å². The van der Waals surface area contributed by atoms with Gasteiger partial charge in [0.05, 0.1) is 6.04 Å². The lowest BCUT2D eigenvalue weighted by atomic mass is 9.95. The summed E-state index contributed by atoms with van der Waals surface area (Å²) in [6, 6.07) is 4.70. The van der Waals surface area contributed by atoms with Crippen molar-refractivity contribution in [1.29, 1.82) is 0 Å². The van der Waals surface area contributed by atoms with Crippen LogP contribution in [-0.4, -0.2) is 61.4 Å². The quantitative estimate of drug-likeness (QED) is 0.545. The first-order chi connectivity index (χ1) is 14.0. The zero-order valence-corrected chi connectivity index (χ0v) is 17.8. The van der Waals surface area contributed by atoms with Crippen LogP contribution in [-0.2, 0) is 4.79 Å². The molecule has 2 saturated heterocycles. The summed E-state index contributed by atoms with van der Waals surface area (Å²) in [5.74, 6) is 0.486. The number of carbonyl (C=O) groups is 1. The number of amides is 1. The van der Waals surface area contributed by atoms with Gasteiger partial charge in [-0.3, -0.25) is 14.7 Å². The molecule has 2 heterocycles. The number of hydrogen-bond acceptors (Lipinski definition) is 3. The topological polar surface area (TPSA) is 74.0 Å². The van der Waals surface area contributed by atoms with Gasteiger partial charge in [0.15, 0.2) is 5.96 Å². The number of nitrogens with two attached hydrogens (primary N) is 1. The fourth-order valence-electron chi connectivity index (χ4n) is 4.52. The maximum absolute atomic E-state index is 14.7. The van der Waals surface area contributed by atoms with Crippen molar-refractivity contribution in [3.8, 4) is 0 Å². The molecule has 1 aromatic rings. The van der Waals surface area contributed by atoms with E-state index in [1.807, 2.05) is 0 Å². The van der Waals surface area contributed by atoms with E-state index in [-0.39, 0.29) is 23.7 Å². The van der Waals surface area contributed by atoms with E-state index in [1.165, 1.54) is 6.07 Å². The summed E-state index contributed by atoms with van der Waals surface area (Å²) in [7, 11) is 1.75. The van der Waals surface area contributed by atoms with Gasteiger partial charge in [0, 0.05) is 43.7 Å². The Morgan fingerprint density at radius 3 is 2.76 bits per heavy atom. The fourth-order valence-corrected chi connectivity index (χ4v) is 4.81. The van der Waals surface area contributed by atoms with Crippen molar-refractivity contribution in [2.24, 2.45) is 16.6 Å². The third-order valence-electron chi connectivity index (χ3n) is 5.89. The summed E-state index contributed by atoms with van der Waals surface area (Å²) in [6.07, 6.45) is 4.61. The molecular weight excluding hydrogens is 393 g/mol. The maximum atomic E-state index is 14.7. The van der Waals surface area contributed by atoms with Crippen LogP contribution in [0.5, 0.6) is 0 Å². The zero-order chi connectivity index (χ0) is 20.8. The van der Waals surface area contributed by atoms with Crippen molar-refractivity contribution in [1.82, 2.24) is 15.1 Å². The summed E-state index contributed by atoms with van der Waals surface area (Å²) in [6.45, 7) is 4.01. The highest BCUT2D eigenvalue weighted by atomic mass is 35.5. The Bertz CT molecular complexity index is 718. The minimum absolute atomic E-state index is 0.158. The molecule has 2 atom stereocenters. The molecule has 2 aliphatic rings. The Kier molecular flexibility index (Phi) is 7.72. The molecule has 2 unspecified atom stereocenters. The Morgan fingerprint density at radius 2 is 2.10 bits per heavy atom. The number of nitrogens with zero attached hydrogens (tertiary/aromatic N) is 3. The number of piperidine rings is 1. The average Bonchev–Trinajstić information content (AvgIpc) is 3.21. The van der Waals surface area contributed by atoms with Gasteiger partial charge in [-0.05, 0) is 56.8 Å². The second-order valence-corrected chi connectivity index (χ2v) is 8.35. The smallest absolute Gasteiger partial charge is 0.217 e. The van der Waals surface area contributed by atoms with Crippen LogP contribution in [0.15, 0.2) is 23.2 Å². The molecule has 0 saturated carbocycles. The van der Waals surface area contributed by atoms with Gasteiger partial charge in [0.25, 0.3) is 0 Å². The maximum Gasteiger partial charge on any atom is 0.217 e. The number of halogens is 2. The van der Waals surface area contributed by atoms with Crippen molar-refractivity contribution < 1.29 is 9.18 Å². The van der Waals surface area contributed by atoms with Crippen molar-refractivity contribution in [3.05, 3.63) is 34.6 Å². The van der Waals surface area contributed by atoms with Gasteiger partial charge in [-0.15, -0.1) is 0 Å². The predicted octanol–water partition coefficient (Wildman–Crippen LogP) is 2.78. The van der Waals surface area contributed by atoms with Gasteiger partial charge in [0.1, 0.15) is 5.82 Å². The van der Waals surface area contributed by atoms with Gasteiger partial charge >= 0.3 is 0 Å². The monoisotopic (exact) mass is 423 g/mol. The lowest BCUT2D eigenvalue weighted by Gasteiger charge is -2.36. The number of rotatable bonds is 6. The van der Waals surface area contributed by atoms with E-state index in [0.717, 1.165) is 57.8 Å². The largest absolute Gasteiger partial charge is 0.370 e. The highest BCUT2D eigenvalue weighted by Gasteiger charge is 2.29. The highest BCUT2D eigenvalue weighted by molar-refractivity contribution is 6.31. The normalized spacial score (nSPS) is 22.0. The molecule has 29 heavy (non-hydrogen) atoms. The van der Waals surface area contributed by atoms with Crippen LogP contribution in [0.1, 0.15) is 43.7 Å². The molecule has 3 rings (SSSR count). The molecular formula is C21H31ClFN5O. The van der Waals surface area contributed by atoms with Gasteiger partial charge in [-0.25, -0.2) is 4.39 Å². The number of hydrogen-bond donors (Lipinski definition) is 2. The molecule has 8 heteroatoms. The SMILES string of the molecule is CN=C(NCC(c1c(F)cccc1Cl)N1CCCC1)N1CCCC(CC(N)=O)C1. The molecule has 0 spiro atoms. The van der Waals surface area contributed by atoms with E-state index in [9.17, 15) is 9.18 Å². The van der Waals surface area contributed by atoms with Crippen LogP contribution < -0.4 is 11.1 Å². The zero-order valence-electron chi connectivity index (χ0n) is 17.0. The van der Waals surface area contributed by atoms with E-state index in [4.69, 9.17) is 17.3 Å². The molecule has 3 N–H and O–H groups in total.